The van der Waals surface area contributed by atoms with Crippen LogP contribution in [-0.4, -0.2) is 47.5 Å². The van der Waals surface area contributed by atoms with Crippen molar-refractivity contribution >= 4 is 0 Å². The van der Waals surface area contributed by atoms with Gasteiger partial charge in [-0.05, 0) is 27.8 Å². The first-order chi connectivity index (χ1) is 22.1. The molecule has 0 saturated carbocycles. The summed E-state index contributed by atoms with van der Waals surface area (Å²) in [5, 5.41) is 22.8. The lowest BCUT2D eigenvalue weighted by Crippen LogP contribution is -2.45. The van der Waals surface area contributed by atoms with Crippen LogP contribution in [0, 0.1) is 0 Å². The van der Waals surface area contributed by atoms with Gasteiger partial charge >= 0.3 is 0 Å². The highest BCUT2D eigenvalue weighted by Crippen LogP contribution is 2.41. The van der Waals surface area contributed by atoms with Gasteiger partial charge in [-0.25, -0.2) is 0 Å². The molecule has 2 N–H and O–H groups in total. The number of ether oxygens (including phenoxy) is 4. The van der Waals surface area contributed by atoms with Crippen molar-refractivity contribution < 1.29 is 29.2 Å². The minimum absolute atomic E-state index is 0.104. The first-order valence-electron chi connectivity index (χ1n) is 15.3. The average molecular weight is 603 g/mol. The molecule has 230 valence electrons. The normalized spacial score (nSPS) is 20.6. The number of hydrogen-bond acceptors (Lipinski definition) is 6. The molecule has 1 aliphatic heterocycles. The zero-order chi connectivity index (χ0) is 30.9. The number of rotatable bonds is 13. The van der Waals surface area contributed by atoms with Crippen LogP contribution in [0.15, 0.2) is 152 Å². The lowest BCUT2D eigenvalue weighted by molar-refractivity contribution is -0.167. The molecule has 6 heteroatoms. The van der Waals surface area contributed by atoms with E-state index in [-0.39, 0.29) is 19.8 Å². The number of benzene rings is 5. The molecule has 1 aliphatic rings. The van der Waals surface area contributed by atoms with Gasteiger partial charge in [0.2, 0.25) is 0 Å². The predicted octanol–water partition coefficient (Wildman–Crippen LogP) is 6.24. The maximum atomic E-state index is 11.7. The summed E-state index contributed by atoms with van der Waals surface area (Å²) >= 11 is 0. The summed E-state index contributed by atoms with van der Waals surface area (Å²) in [6.07, 6.45) is -4.94. The third-order valence-corrected chi connectivity index (χ3v) is 8.19. The molecule has 0 aliphatic carbocycles. The lowest BCUT2D eigenvalue weighted by atomic mass is 9.80. The summed E-state index contributed by atoms with van der Waals surface area (Å²) in [5.41, 5.74) is 3.65. The minimum Gasteiger partial charge on any atom is -0.388 e. The predicted molar refractivity (Wildman–Crippen MR) is 172 cm³/mol. The average Bonchev–Trinajstić information content (AvgIpc) is 3.43. The third kappa shape index (κ3) is 7.08. The second-order valence-electron chi connectivity index (χ2n) is 11.2. The van der Waals surface area contributed by atoms with E-state index in [2.05, 4.69) is 0 Å². The topological polar surface area (TPSA) is 77.4 Å². The Morgan fingerprint density at radius 3 is 1.36 bits per heavy atom. The van der Waals surface area contributed by atoms with Crippen molar-refractivity contribution in [2.45, 2.75) is 49.5 Å². The smallest absolute Gasteiger partial charge is 0.184 e. The Bertz CT molecular complexity index is 1470. The van der Waals surface area contributed by atoms with Gasteiger partial charge in [-0.15, -0.1) is 0 Å². The van der Waals surface area contributed by atoms with E-state index in [1.807, 2.05) is 152 Å². The molecule has 0 spiro atoms. The van der Waals surface area contributed by atoms with E-state index in [1.54, 1.807) is 0 Å². The van der Waals surface area contributed by atoms with Gasteiger partial charge in [0, 0.05) is 0 Å². The summed E-state index contributed by atoms with van der Waals surface area (Å²) in [7, 11) is 0. The molecule has 0 bridgehead atoms. The number of aliphatic hydroxyl groups is 2. The van der Waals surface area contributed by atoms with Crippen LogP contribution in [-0.2, 0) is 37.8 Å². The fourth-order valence-corrected chi connectivity index (χ4v) is 5.95. The molecule has 5 aromatic carbocycles. The Kier molecular flexibility index (Phi) is 10.1. The molecule has 0 unspecified atom stereocenters. The molecule has 5 atom stereocenters. The van der Waals surface area contributed by atoms with Gasteiger partial charge in [0.15, 0.2) is 6.29 Å². The van der Waals surface area contributed by atoms with E-state index in [0.29, 0.717) is 0 Å². The molecule has 6 rings (SSSR count). The van der Waals surface area contributed by atoms with Crippen LogP contribution in [0.3, 0.4) is 0 Å². The fourth-order valence-electron chi connectivity index (χ4n) is 5.95. The standard InChI is InChI=1S/C39H38O6/c40-34(28-44-39(31-20-10-3-11-21-31,32-22-12-4-13-23-32)33-24-14-5-15-25-33)35-36(42-26-29-16-6-1-7-17-29)37(38(41)45-35)43-27-30-18-8-2-9-19-30/h1-25,34-38,40-41H,26-28H2/t34-,35+,36+,37-,38+/m1/s1. The molecule has 0 radical (unpaired) electrons. The number of hydrogen-bond donors (Lipinski definition) is 2. The van der Waals surface area contributed by atoms with Crippen LogP contribution >= 0.6 is 0 Å². The van der Waals surface area contributed by atoms with E-state index in [0.717, 1.165) is 27.8 Å². The maximum absolute atomic E-state index is 11.7. The summed E-state index contributed by atoms with van der Waals surface area (Å²) < 4.78 is 25.4. The Labute approximate surface area is 264 Å². The summed E-state index contributed by atoms with van der Waals surface area (Å²) in [4.78, 5) is 0. The Morgan fingerprint density at radius 2 is 0.933 bits per heavy atom. The highest BCUT2D eigenvalue weighted by molar-refractivity contribution is 5.47. The van der Waals surface area contributed by atoms with Crippen molar-refractivity contribution in [1.82, 2.24) is 0 Å². The van der Waals surface area contributed by atoms with Gasteiger partial charge in [0.1, 0.15) is 30.0 Å². The van der Waals surface area contributed by atoms with Crippen LogP contribution < -0.4 is 0 Å². The lowest BCUT2D eigenvalue weighted by Gasteiger charge is -2.37. The number of aliphatic hydroxyl groups excluding tert-OH is 2. The summed E-state index contributed by atoms with van der Waals surface area (Å²) in [5.74, 6) is 0. The zero-order valence-electron chi connectivity index (χ0n) is 25.0. The van der Waals surface area contributed by atoms with Crippen molar-refractivity contribution in [2.24, 2.45) is 0 Å². The second kappa shape index (κ2) is 14.8. The van der Waals surface area contributed by atoms with Gasteiger partial charge < -0.3 is 29.2 Å². The molecule has 0 amide bonds. The van der Waals surface area contributed by atoms with Crippen molar-refractivity contribution in [2.75, 3.05) is 6.61 Å². The molecule has 1 fully saturated rings. The van der Waals surface area contributed by atoms with E-state index < -0.39 is 36.3 Å². The van der Waals surface area contributed by atoms with E-state index in [4.69, 9.17) is 18.9 Å². The van der Waals surface area contributed by atoms with Gasteiger partial charge in [0.05, 0.1) is 19.8 Å². The SMILES string of the molecule is O[C@H](COC(c1ccccc1)(c1ccccc1)c1ccccc1)[C@@H]1O[C@H](O)[C@H](OCc2ccccc2)[C@H]1OCc1ccccc1. The van der Waals surface area contributed by atoms with E-state index in [9.17, 15) is 10.2 Å². The molecule has 1 heterocycles. The third-order valence-electron chi connectivity index (χ3n) is 8.19. The Balaban J connectivity index is 1.28. The summed E-state index contributed by atoms with van der Waals surface area (Å²) in [6.45, 7) is 0.418. The monoisotopic (exact) mass is 602 g/mol. The van der Waals surface area contributed by atoms with Crippen molar-refractivity contribution in [3.8, 4) is 0 Å². The van der Waals surface area contributed by atoms with Crippen LogP contribution in [0.1, 0.15) is 27.8 Å². The van der Waals surface area contributed by atoms with E-state index >= 15 is 0 Å². The van der Waals surface area contributed by atoms with Crippen LogP contribution in [0.5, 0.6) is 0 Å². The molecule has 45 heavy (non-hydrogen) atoms. The summed E-state index contributed by atoms with van der Waals surface area (Å²) in [6, 6.07) is 49.5. The molecule has 0 aromatic heterocycles. The van der Waals surface area contributed by atoms with Gasteiger partial charge in [0.25, 0.3) is 0 Å². The van der Waals surface area contributed by atoms with Gasteiger partial charge in [-0.1, -0.05) is 152 Å². The van der Waals surface area contributed by atoms with Crippen LogP contribution in [0.2, 0.25) is 0 Å². The van der Waals surface area contributed by atoms with Gasteiger partial charge in [-0.3, -0.25) is 0 Å². The molecule has 1 saturated heterocycles. The Hall–Kier alpha value is -4.14. The molecular formula is C39H38O6. The first-order valence-corrected chi connectivity index (χ1v) is 15.3. The molecule has 6 nitrogen and oxygen atoms in total. The Morgan fingerprint density at radius 1 is 0.556 bits per heavy atom. The fraction of sp³-hybridized carbons (Fsp3) is 0.231. The highest BCUT2D eigenvalue weighted by Gasteiger charge is 2.49. The van der Waals surface area contributed by atoms with Crippen molar-refractivity contribution in [3.05, 3.63) is 179 Å². The quantitative estimate of drug-likeness (QED) is 0.155. The van der Waals surface area contributed by atoms with Crippen LogP contribution in [0.4, 0.5) is 0 Å². The van der Waals surface area contributed by atoms with Crippen molar-refractivity contribution in [1.29, 1.82) is 0 Å². The molecule has 5 aromatic rings. The maximum Gasteiger partial charge on any atom is 0.184 e. The zero-order valence-corrected chi connectivity index (χ0v) is 25.0. The van der Waals surface area contributed by atoms with Gasteiger partial charge in [-0.2, -0.15) is 0 Å². The highest BCUT2D eigenvalue weighted by atomic mass is 16.7. The first kappa shape index (κ1) is 30.9. The molecular weight excluding hydrogens is 564 g/mol. The van der Waals surface area contributed by atoms with Crippen molar-refractivity contribution in [3.63, 3.8) is 0 Å². The van der Waals surface area contributed by atoms with Crippen LogP contribution in [0.25, 0.3) is 0 Å². The van der Waals surface area contributed by atoms with E-state index in [1.165, 1.54) is 0 Å². The minimum atomic E-state index is -1.30. The second-order valence-corrected chi connectivity index (χ2v) is 11.2. The largest absolute Gasteiger partial charge is 0.388 e.